The molecule has 0 aliphatic carbocycles. The van der Waals surface area contributed by atoms with Crippen LogP contribution in [0, 0.1) is 0 Å². The van der Waals surface area contributed by atoms with E-state index in [-0.39, 0.29) is 17.9 Å². The Labute approximate surface area is 131 Å². The first-order valence-corrected chi connectivity index (χ1v) is 7.61. The number of H-pyrrole nitrogens is 1. The van der Waals surface area contributed by atoms with Gasteiger partial charge in [-0.05, 0) is 17.7 Å². The standard InChI is InChI=1S/C14H14ClN3O2S/c1-16-12(19)6-11-7-13(20)18-14(17-11)21-8-9-2-4-10(15)5-3-9/h2-5,7H,6,8H2,1H3,(H,16,19)(H,17,18,20). The van der Waals surface area contributed by atoms with Gasteiger partial charge in [0, 0.05) is 23.9 Å². The van der Waals surface area contributed by atoms with E-state index >= 15 is 0 Å². The molecule has 5 nitrogen and oxygen atoms in total. The number of rotatable bonds is 5. The molecular formula is C14H14ClN3O2S. The summed E-state index contributed by atoms with van der Waals surface area (Å²) in [6.07, 6.45) is 0.0922. The first kappa shape index (κ1) is 15.6. The van der Waals surface area contributed by atoms with E-state index < -0.39 is 0 Å². The second kappa shape index (κ2) is 7.28. The van der Waals surface area contributed by atoms with Crippen molar-refractivity contribution in [2.75, 3.05) is 7.05 Å². The number of amides is 1. The Kier molecular flexibility index (Phi) is 5.41. The van der Waals surface area contributed by atoms with Crippen LogP contribution < -0.4 is 10.9 Å². The summed E-state index contributed by atoms with van der Waals surface area (Å²) < 4.78 is 0. The van der Waals surface area contributed by atoms with E-state index in [9.17, 15) is 9.59 Å². The molecule has 110 valence electrons. The quantitative estimate of drug-likeness (QED) is 0.652. The molecule has 2 aromatic rings. The monoisotopic (exact) mass is 323 g/mol. The van der Waals surface area contributed by atoms with Crippen LogP contribution in [-0.4, -0.2) is 22.9 Å². The topological polar surface area (TPSA) is 74.8 Å². The zero-order valence-electron chi connectivity index (χ0n) is 11.4. The van der Waals surface area contributed by atoms with Crippen LogP contribution >= 0.6 is 23.4 Å². The maximum Gasteiger partial charge on any atom is 0.251 e. The van der Waals surface area contributed by atoms with Gasteiger partial charge in [-0.15, -0.1) is 0 Å². The summed E-state index contributed by atoms with van der Waals surface area (Å²) in [6.45, 7) is 0. The molecule has 1 aromatic carbocycles. The van der Waals surface area contributed by atoms with E-state index in [1.54, 1.807) is 7.05 Å². The van der Waals surface area contributed by atoms with E-state index in [1.165, 1.54) is 17.8 Å². The van der Waals surface area contributed by atoms with Gasteiger partial charge in [0.05, 0.1) is 12.1 Å². The summed E-state index contributed by atoms with van der Waals surface area (Å²) in [5.41, 5.74) is 1.27. The molecule has 0 bridgehead atoms. The highest BCUT2D eigenvalue weighted by Crippen LogP contribution is 2.19. The second-order valence-electron chi connectivity index (χ2n) is 4.31. The lowest BCUT2D eigenvalue weighted by Gasteiger charge is -2.04. The van der Waals surface area contributed by atoms with Crippen molar-refractivity contribution in [1.29, 1.82) is 0 Å². The van der Waals surface area contributed by atoms with Gasteiger partial charge in [-0.1, -0.05) is 35.5 Å². The predicted molar refractivity (Wildman–Crippen MR) is 83.6 cm³/mol. The highest BCUT2D eigenvalue weighted by Gasteiger charge is 2.06. The van der Waals surface area contributed by atoms with Gasteiger partial charge in [-0.2, -0.15) is 0 Å². The highest BCUT2D eigenvalue weighted by molar-refractivity contribution is 7.98. The Morgan fingerprint density at radius 3 is 2.76 bits per heavy atom. The van der Waals surface area contributed by atoms with Crippen molar-refractivity contribution in [3.63, 3.8) is 0 Å². The molecule has 1 heterocycles. The summed E-state index contributed by atoms with van der Waals surface area (Å²) in [5.74, 6) is 0.477. The van der Waals surface area contributed by atoms with Crippen LogP contribution in [-0.2, 0) is 17.0 Å². The van der Waals surface area contributed by atoms with Gasteiger partial charge in [0.15, 0.2) is 5.16 Å². The fraction of sp³-hybridized carbons (Fsp3) is 0.214. The second-order valence-corrected chi connectivity index (χ2v) is 5.71. The lowest BCUT2D eigenvalue weighted by atomic mass is 10.2. The molecule has 0 unspecified atom stereocenters. The van der Waals surface area contributed by atoms with Gasteiger partial charge in [0.25, 0.3) is 5.56 Å². The number of aromatic nitrogens is 2. The maximum atomic E-state index is 11.6. The summed E-state index contributed by atoms with van der Waals surface area (Å²) >= 11 is 7.23. The number of nitrogens with zero attached hydrogens (tertiary/aromatic N) is 1. The van der Waals surface area contributed by atoms with Crippen LogP contribution in [0.15, 0.2) is 40.3 Å². The molecule has 1 amide bonds. The maximum absolute atomic E-state index is 11.6. The van der Waals surface area contributed by atoms with Crippen LogP contribution in [0.3, 0.4) is 0 Å². The molecule has 0 aliphatic heterocycles. The minimum Gasteiger partial charge on any atom is -0.359 e. The van der Waals surface area contributed by atoms with E-state index in [0.717, 1.165) is 5.56 Å². The summed E-state index contributed by atoms with van der Waals surface area (Å²) in [7, 11) is 1.55. The summed E-state index contributed by atoms with van der Waals surface area (Å²) in [5, 5.41) is 3.68. The van der Waals surface area contributed by atoms with Crippen molar-refractivity contribution in [3.8, 4) is 0 Å². The first-order valence-electron chi connectivity index (χ1n) is 6.25. The Hall–Kier alpha value is -1.79. The van der Waals surface area contributed by atoms with E-state index in [0.29, 0.717) is 21.6 Å². The minimum atomic E-state index is -0.262. The van der Waals surface area contributed by atoms with Gasteiger partial charge < -0.3 is 10.3 Å². The van der Waals surface area contributed by atoms with Crippen LogP contribution in [0.5, 0.6) is 0 Å². The van der Waals surface area contributed by atoms with Crippen molar-refractivity contribution in [3.05, 3.63) is 57.0 Å². The van der Waals surface area contributed by atoms with Crippen molar-refractivity contribution < 1.29 is 4.79 Å². The van der Waals surface area contributed by atoms with E-state index in [2.05, 4.69) is 15.3 Å². The molecule has 0 radical (unpaired) electrons. The highest BCUT2D eigenvalue weighted by atomic mass is 35.5. The van der Waals surface area contributed by atoms with Gasteiger partial charge in [-0.25, -0.2) is 4.98 Å². The third kappa shape index (κ3) is 4.91. The van der Waals surface area contributed by atoms with Crippen LogP contribution in [0.1, 0.15) is 11.3 Å². The number of halogens is 1. The summed E-state index contributed by atoms with van der Waals surface area (Å²) in [6, 6.07) is 8.80. The first-order chi connectivity index (χ1) is 10.1. The van der Waals surface area contributed by atoms with Gasteiger partial charge in [0.1, 0.15) is 0 Å². The van der Waals surface area contributed by atoms with Gasteiger partial charge >= 0.3 is 0 Å². The molecule has 0 saturated heterocycles. The predicted octanol–water partition coefficient (Wildman–Crippen LogP) is 2.00. The zero-order chi connectivity index (χ0) is 15.2. The van der Waals surface area contributed by atoms with Crippen LogP contribution in [0.4, 0.5) is 0 Å². The molecule has 7 heteroatoms. The van der Waals surface area contributed by atoms with Crippen LogP contribution in [0.25, 0.3) is 0 Å². The molecule has 0 aliphatic rings. The van der Waals surface area contributed by atoms with Crippen molar-refractivity contribution >= 4 is 29.3 Å². The number of carbonyl (C=O) groups excluding carboxylic acids is 1. The lowest BCUT2D eigenvalue weighted by Crippen LogP contribution is -2.22. The lowest BCUT2D eigenvalue weighted by molar-refractivity contribution is -0.120. The average molecular weight is 324 g/mol. The number of nitrogens with one attached hydrogen (secondary N) is 2. The average Bonchev–Trinajstić information content (AvgIpc) is 2.46. The molecule has 0 atom stereocenters. The minimum absolute atomic E-state index is 0.0922. The molecule has 2 N–H and O–H groups in total. The number of hydrogen-bond donors (Lipinski definition) is 2. The fourth-order valence-corrected chi connectivity index (χ4v) is 2.60. The van der Waals surface area contributed by atoms with Gasteiger partial charge in [-0.3, -0.25) is 9.59 Å². The Bertz CT molecular complexity index is 685. The Morgan fingerprint density at radius 2 is 2.10 bits per heavy atom. The summed E-state index contributed by atoms with van der Waals surface area (Å²) in [4.78, 5) is 29.8. The van der Waals surface area contributed by atoms with E-state index in [1.807, 2.05) is 24.3 Å². The number of likely N-dealkylation sites (N-methyl/N-ethyl adjacent to an activating group) is 1. The molecule has 0 saturated carbocycles. The fourth-order valence-electron chi connectivity index (χ4n) is 1.63. The largest absolute Gasteiger partial charge is 0.359 e. The molecule has 21 heavy (non-hydrogen) atoms. The molecule has 0 spiro atoms. The Balaban J connectivity index is 2.07. The third-order valence-electron chi connectivity index (χ3n) is 2.68. The number of carbonyl (C=O) groups is 1. The molecule has 0 fully saturated rings. The molecule has 1 aromatic heterocycles. The number of benzene rings is 1. The SMILES string of the molecule is CNC(=O)Cc1cc(=O)[nH]c(SCc2ccc(Cl)cc2)n1. The smallest absolute Gasteiger partial charge is 0.251 e. The number of hydrogen-bond acceptors (Lipinski definition) is 4. The van der Waals surface area contributed by atoms with Crippen molar-refractivity contribution in [2.24, 2.45) is 0 Å². The zero-order valence-corrected chi connectivity index (χ0v) is 12.9. The van der Waals surface area contributed by atoms with Gasteiger partial charge in [0.2, 0.25) is 5.91 Å². The molecule has 2 rings (SSSR count). The van der Waals surface area contributed by atoms with E-state index in [4.69, 9.17) is 11.6 Å². The Morgan fingerprint density at radius 1 is 1.38 bits per heavy atom. The van der Waals surface area contributed by atoms with Crippen molar-refractivity contribution in [1.82, 2.24) is 15.3 Å². The number of aromatic amines is 1. The molecular weight excluding hydrogens is 310 g/mol. The van der Waals surface area contributed by atoms with Crippen LogP contribution in [0.2, 0.25) is 5.02 Å². The van der Waals surface area contributed by atoms with Crippen molar-refractivity contribution in [2.45, 2.75) is 17.3 Å². The normalized spacial score (nSPS) is 10.4. The number of thioether (sulfide) groups is 1. The third-order valence-corrected chi connectivity index (χ3v) is 3.88.